The number of carbonyl (C=O) groups is 4. The minimum absolute atomic E-state index is 0.00753. The summed E-state index contributed by atoms with van der Waals surface area (Å²) in [7, 11) is 1.58. The van der Waals surface area contributed by atoms with Crippen molar-refractivity contribution in [2.75, 3.05) is 26.8 Å². The van der Waals surface area contributed by atoms with Crippen LogP contribution in [-0.4, -0.2) is 61.2 Å². The molecule has 10 nitrogen and oxygen atoms in total. The molecule has 2 aliphatic carbocycles. The fraction of sp³-hybridized carbons (Fsp3) is 0.429. The van der Waals surface area contributed by atoms with Crippen LogP contribution in [0.5, 0.6) is 5.75 Å². The second-order valence-corrected chi connectivity index (χ2v) is 12.8. The highest BCUT2D eigenvalue weighted by molar-refractivity contribution is 9.10. The Morgan fingerprint density at radius 2 is 1.91 bits per heavy atom. The summed E-state index contributed by atoms with van der Waals surface area (Å²) < 4.78 is 13.5. The van der Waals surface area contributed by atoms with E-state index < -0.39 is 11.7 Å². The van der Waals surface area contributed by atoms with E-state index in [1.807, 2.05) is 42.5 Å². The van der Waals surface area contributed by atoms with E-state index in [2.05, 4.69) is 38.8 Å². The lowest BCUT2D eigenvalue weighted by Crippen LogP contribution is -2.56. The Kier molecular flexibility index (Phi) is 10.8. The summed E-state index contributed by atoms with van der Waals surface area (Å²) in [6.45, 7) is 2.31. The fourth-order valence-corrected chi connectivity index (χ4v) is 7.47. The SMILES string of the molecule is CC[C@@H]1C(CCCC(=O)NCC(=O)NCCO)C=C2C(=O)C=C[C@@]3(OC)Oc4ccc(C(=O)NCc5cccc(Br)c5)cc4[C@@H]1[C@@H]23. The first-order valence-corrected chi connectivity index (χ1v) is 16.5. The molecule has 1 unspecified atom stereocenters. The quantitative estimate of drug-likeness (QED) is 0.249. The molecule has 0 radical (unpaired) electrons. The van der Waals surface area contributed by atoms with Crippen LogP contribution in [0.15, 0.2) is 70.7 Å². The summed E-state index contributed by atoms with van der Waals surface area (Å²) in [6, 6.07) is 13.2. The van der Waals surface area contributed by atoms with E-state index in [-0.39, 0.29) is 67.4 Å². The van der Waals surface area contributed by atoms with Gasteiger partial charge in [-0.05, 0) is 78.3 Å². The molecule has 0 fully saturated rings. The number of aliphatic hydroxyl groups is 1. The van der Waals surface area contributed by atoms with Gasteiger partial charge in [-0.25, -0.2) is 0 Å². The zero-order valence-corrected chi connectivity index (χ0v) is 27.6. The predicted molar refractivity (Wildman–Crippen MR) is 175 cm³/mol. The van der Waals surface area contributed by atoms with Gasteiger partial charge in [0.2, 0.25) is 17.6 Å². The standard InChI is InChI=1S/C35H40BrN3O7/c1-3-25-22(7-5-9-30(42)38-20-31(43)37-14-15-40)17-26-28(41)12-13-35(45-2)33(26)32(25)27-18-23(10-11-29(27)46-35)34(44)39-19-21-6-4-8-24(36)16-21/h4,6,8,10-13,16-18,22,25,32-33,40H,3,5,7,9,14-15,19-20H2,1-2H3,(H,37,43)(H,38,42)(H,39,44)/t22?,25-,32-,33-,35-/m1/s1. The van der Waals surface area contributed by atoms with E-state index in [0.29, 0.717) is 36.3 Å². The van der Waals surface area contributed by atoms with Gasteiger partial charge in [-0.1, -0.05) is 47.5 Å². The lowest BCUT2D eigenvalue weighted by Gasteiger charge is -2.53. The van der Waals surface area contributed by atoms with Gasteiger partial charge in [0, 0.05) is 48.1 Å². The van der Waals surface area contributed by atoms with Crippen LogP contribution in [0.1, 0.15) is 60.0 Å². The number of carbonyl (C=O) groups excluding carboxylic acids is 4. The molecule has 0 spiro atoms. The van der Waals surface area contributed by atoms with Gasteiger partial charge in [-0.3, -0.25) is 19.2 Å². The molecular formula is C35H40BrN3O7. The van der Waals surface area contributed by atoms with Crippen LogP contribution < -0.4 is 20.7 Å². The van der Waals surface area contributed by atoms with Crippen LogP contribution in [0.25, 0.3) is 0 Å². The van der Waals surface area contributed by atoms with Gasteiger partial charge in [0.05, 0.1) is 19.1 Å². The third-order valence-corrected chi connectivity index (χ3v) is 9.63. The number of ether oxygens (including phenoxy) is 2. The minimum atomic E-state index is -1.16. The number of methoxy groups -OCH3 is 1. The summed E-state index contributed by atoms with van der Waals surface area (Å²) in [5, 5.41) is 17.0. The Labute approximate surface area is 277 Å². The lowest BCUT2D eigenvalue weighted by molar-refractivity contribution is -0.180. The number of allylic oxidation sites excluding steroid dienone is 2. The number of fused-ring (bicyclic) bond motifs is 2. The maximum Gasteiger partial charge on any atom is 0.251 e. The molecule has 0 aromatic heterocycles. The Morgan fingerprint density at radius 3 is 2.65 bits per heavy atom. The van der Waals surface area contributed by atoms with Gasteiger partial charge >= 0.3 is 0 Å². The van der Waals surface area contributed by atoms with Crippen molar-refractivity contribution < 1.29 is 33.8 Å². The second kappa shape index (κ2) is 14.7. The summed E-state index contributed by atoms with van der Waals surface area (Å²) in [4.78, 5) is 50.9. The van der Waals surface area contributed by atoms with Gasteiger partial charge in [-0.2, -0.15) is 0 Å². The number of amides is 3. The topological polar surface area (TPSA) is 143 Å². The number of rotatable bonds is 13. The molecule has 3 amide bonds. The molecule has 11 heteroatoms. The first kappa shape index (κ1) is 33.6. The Balaban J connectivity index is 1.38. The van der Waals surface area contributed by atoms with Crippen molar-refractivity contribution in [2.45, 2.75) is 50.9 Å². The Bertz CT molecular complexity index is 1560. The van der Waals surface area contributed by atoms with Crippen LogP contribution >= 0.6 is 15.9 Å². The van der Waals surface area contributed by atoms with E-state index in [1.165, 1.54) is 6.08 Å². The molecule has 0 bridgehead atoms. The summed E-state index contributed by atoms with van der Waals surface area (Å²) in [5.74, 6) is -1.94. The van der Waals surface area contributed by atoms with Gasteiger partial charge < -0.3 is 30.5 Å². The molecule has 4 N–H and O–H groups in total. The average Bonchev–Trinajstić information content (AvgIpc) is 3.06. The van der Waals surface area contributed by atoms with Gasteiger partial charge in [0.25, 0.3) is 5.91 Å². The largest absolute Gasteiger partial charge is 0.458 e. The van der Waals surface area contributed by atoms with E-state index in [1.54, 1.807) is 19.3 Å². The minimum Gasteiger partial charge on any atom is -0.458 e. The van der Waals surface area contributed by atoms with Crippen molar-refractivity contribution >= 4 is 39.4 Å². The van der Waals surface area contributed by atoms with Crippen molar-refractivity contribution in [1.29, 1.82) is 0 Å². The predicted octanol–water partition coefficient (Wildman–Crippen LogP) is 3.93. The van der Waals surface area contributed by atoms with Crippen LogP contribution in [0.3, 0.4) is 0 Å². The summed E-state index contributed by atoms with van der Waals surface area (Å²) in [5.41, 5.74) is 2.97. The number of benzene rings is 2. The summed E-state index contributed by atoms with van der Waals surface area (Å²) in [6.07, 6.45) is 7.51. The number of hydrogen-bond acceptors (Lipinski definition) is 7. The van der Waals surface area contributed by atoms with Crippen LogP contribution in [0.2, 0.25) is 0 Å². The zero-order chi connectivity index (χ0) is 32.8. The number of ketones is 1. The maximum atomic E-state index is 13.3. The van der Waals surface area contributed by atoms with Crippen molar-refractivity contribution in [3.63, 3.8) is 0 Å². The van der Waals surface area contributed by atoms with E-state index in [0.717, 1.165) is 22.0 Å². The molecule has 5 atom stereocenters. The smallest absolute Gasteiger partial charge is 0.251 e. The molecule has 2 aromatic rings. The van der Waals surface area contributed by atoms with Crippen molar-refractivity contribution in [3.8, 4) is 5.75 Å². The van der Waals surface area contributed by atoms with Crippen LogP contribution in [-0.2, 0) is 25.7 Å². The maximum absolute atomic E-state index is 13.3. The van der Waals surface area contributed by atoms with Gasteiger partial charge in [0.1, 0.15) is 5.75 Å². The molecule has 5 rings (SSSR count). The molecular weight excluding hydrogens is 654 g/mol. The fourth-order valence-electron chi connectivity index (χ4n) is 7.03. The number of hydrogen-bond donors (Lipinski definition) is 4. The van der Waals surface area contributed by atoms with Gasteiger partial charge in [-0.15, -0.1) is 0 Å². The molecule has 244 valence electrons. The van der Waals surface area contributed by atoms with Crippen LogP contribution in [0, 0.1) is 17.8 Å². The highest BCUT2D eigenvalue weighted by Crippen LogP contribution is 2.59. The van der Waals surface area contributed by atoms with Gasteiger partial charge in [0.15, 0.2) is 5.78 Å². The molecule has 1 heterocycles. The molecule has 0 saturated carbocycles. The first-order chi connectivity index (χ1) is 22.2. The monoisotopic (exact) mass is 693 g/mol. The van der Waals surface area contributed by atoms with Crippen molar-refractivity contribution in [1.82, 2.24) is 16.0 Å². The Morgan fingerprint density at radius 1 is 1.09 bits per heavy atom. The third kappa shape index (κ3) is 7.11. The average molecular weight is 695 g/mol. The molecule has 46 heavy (non-hydrogen) atoms. The second-order valence-electron chi connectivity index (χ2n) is 11.9. The third-order valence-electron chi connectivity index (χ3n) is 9.14. The van der Waals surface area contributed by atoms with E-state index in [9.17, 15) is 19.2 Å². The van der Waals surface area contributed by atoms with Crippen molar-refractivity contribution in [3.05, 3.63) is 87.4 Å². The highest BCUT2D eigenvalue weighted by atomic mass is 79.9. The number of nitrogens with one attached hydrogen (secondary N) is 3. The number of aliphatic hydroxyl groups excluding tert-OH is 1. The van der Waals surface area contributed by atoms with E-state index in [4.69, 9.17) is 14.6 Å². The highest BCUT2D eigenvalue weighted by Gasteiger charge is 2.58. The molecule has 2 aromatic carbocycles. The lowest BCUT2D eigenvalue weighted by atomic mass is 9.57. The first-order valence-electron chi connectivity index (χ1n) is 15.7. The van der Waals surface area contributed by atoms with Crippen LogP contribution in [0.4, 0.5) is 0 Å². The number of halogens is 1. The van der Waals surface area contributed by atoms with E-state index >= 15 is 0 Å². The molecule has 3 aliphatic rings. The molecule has 1 aliphatic heterocycles. The summed E-state index contributed by atoms with van der Waals surface area (Å²) >= 11 is 3.47. The zero-order valence-electron chi connectivity index (χ0n) is 26.0. The van der Waals surface area contributed by atoms with Crippen molar-refractivity contribution in [2.24, 2.45) is 17.8 Å². The normalized spacial score (nSPS) is 24.2. The Hall–Kier alpha value is -3.80. The molecule has 0 saturated heterocycles.